The second-order valence-electron chi connectivity index (χ2n) is 6.10. The van der Waals surface area contributed by atoms with Crippen LogP contribution in [0.1, 0.15) is 36.1 Å². The smallest absolute Gasteiger partial charge is 0.410 e. The van der Waals surface area contributed by atoms with Crippen molar-refractivity contribution >= 4 is 11.9 Å². The molecule has 24 heavy (non-hydrogen) atoms. The van der Waals surface area contributed by atoms with E-state index in [0.29, 0.717) is 13.0 Å². The Kier molecular flexibility index (Phi) is 4.94. The first-order valence-corrected chi connectivity index (χ1v) is 8.19. The van der Waals surface area contributed by atoms with Crippen LogP contribution in [0.3, 0.4) is 0 Å². The fourth-order valence-corrected chi connectivity index (χ4v) is 3.16. The van der Waals surface area contributed by atoms with Crippen LogP contribution in [0.2, 0.25) is 0 Å². The highest BCUT2D eigenvalue weighted by molar-refractivity contribution is 5.78. The first-order chi connectivity index (χ1) is 11.6. The molecule has 0 saturated carbocycles. The zero-order valence-corrected chi connectivity index (χ0v) is 13.8. The largest absolute Gasteiger partial charge is 0.445 e. The number of carbonyl (C=O) groups excluding carboxylic acids is 2. The van der Waals surface area contributed by atoms with Crippen molar-refractivity contribution in [3.63, 3.8) is 0 Å². The quantitative estimate of drug-likeness (QED) is 0.857. The second kappa shape index (κ2) is 7.30. The number of ether oxygens (including phenoxy) is 1. The third-order valence-corrected chi connectivity index (χ3v) is 4.33. The number of carbonyl (C=O) groups is 2. The van der Waals surface area contributed by atoms with E-state index in [4.69, 9.17) is 4.74 Å². The molecule has 0 spiro atoms. The van der Waals surface area contributed by atoms with Gasteiger partial charge in [-0.25, -0.2) is 4.79 Å². The number of rotatable bonds is 4. The molecule has 2 aromatic carbocycles. The first kappa shape index (κ1) is 16.2. The minimum Gasteiger partial charge on any atom is -0.445 e. The number of hydrogen-bond acceptors (Lipinski definition) is 3. The zero-order valence-electron chi connectivity index (χ0n) is 13.8. The molecule has 1 aliphatic heterocycles. The van der Waals surface area contributed by atoms with E-state index in [1.165, 1.54) is 5.56 Å². The van der Waals surface area contributed by atoms with Gasteiger partial charge in [-0.1, -0.05) is 54.6 Å². The van der Waals surface area contributed by atoms with Crippen molar-refractivity contribution in [1.82, 2.24) is 4.90 Å². The topological polar surface area (TPSA) is 46.6 Å². The number of Topliss-reactive ketones (excluding diaryl/α,β-unsaturated/α-hetero) is 1. The molecule has 1 heterocycles. The Balaban J connectivity index is 1.75. The molecule has 0 aliphatic carbocycles. The minimum atomic E-state index is -0.361. The molecule has 0 saturated heterocycles. The molecule has 0 radical (unpaired) electrons. The summed E-state index contributed by atoms with van der Waals surface area (Å²) in [6, 6.07) is 17.4. The minimum absolute atomic E-state index is 0.0672. The van der Waals surface area contributed by atoms with E-state index in [9.17, 15) is 9.59 Å². The van der Waals surface area contributed by atoms with Gasteiger partial charge in [-0.15, -0.1) is 0 Å². The maximum Gasteiger partial charge on any atom is 0.410 e. The van der Waals surface area contributed by atoms with E-state index in [-0.39, 0.29) is 24.5 Å². The zero-order chi connectivity index (χ0) is 16.9. The van der Waals surface area contributed by atoms with Crippen LogP contribution in [0.15, 0.2) is 54.6 Å². The number of hydrogen-bond donors (Lipinski definition) is 0. The summed E-state index contributed by atoms with van der Waals surface area (Å²) >= 11 is 0. The van der Waals surface area contributed by atoms with Gasteiger partial charge in [-0.3, -0.25) is 4.79 Å². The molecule has 1 amide bonds. The summed E-state index contributed by atoms with van der Waals surface area (Å²) in [5.41, 5.74) is 3.21. The van der Waals surface area contributed by atoms with Crippen LogP contribution in [0.4, 0.5) is 4.79 Å². The lowest BCUT2D eigenvalue weighted by Crippen LogP contribution is -2.41. The van der Waals surface area contributed by atoms with Crippen LogP contribution < -0.4 is 0 Å². The van der Waals surface area contributed by atoms with Crippen LogP contribution in [0.25, 0.3) is 0 Å². The van der Waals surface area contributed by atoms with Gasteiger partial charge < -0.3 is 9.64 Å². The van der Waals surface area contributed by atoms with Crippen molar-refractivity contribution in [2.24, 2.45) is 0 Å². The van der Waals surface area contributed by atoms with Gasteiger partial charge in [0.1, 0.15) is 12.4 Å². The molecule has 0 bridgehead atoms. The molecule has 1 aliphatic rings. The van der Waals surface area contributed by atoms with E-state index < -0.39 is 0 Å². The van der Waals surface area contributed by atoms with E-state index >= 15 is 0 Å². The Morgan fingerprint density at radius 2 is 1.79 bits per heavy atom. The van der Waals surface area contributed by atoms with E-state index in [1.807, 2.05) is 48.5 Å². The van der Waals surface area contributed by atoms with E-state index in [1.54, 1.807) is 11.8 Å². The molecule has 0 aromatic heterocycles. The Hall–Kier alpha value is -2.62. The average Bonchev–Trinajstić information content (AvgIpc) is 2.60. The van der Waals surface area contributed by atoms with Gasteiger partial charge in [0.25, 0.3) is 0 Å². The molecule has 124 valence electrons. The molecule has 3 rings (SSSR count). The lowest BCUT2D eigenvalue weighted by atomic mass is 9.90. The van der Waals surface area contributed by atoms with Gasteiger partial charge in [0.2, 0.25) is 0 Å². The van der Waals surface area contributed by atoms with Gasteiger partial charge in [0.15, 0.2) is 0 Å². The van der Waals surface area contributed by atoms with Gasteiger partial charge >= 0.3 is 6.09 Å². The Bertz CT molecular complexity index is 727. The van der Waals surface area contributed by atoms with Gasteiger partial charge in [-0.2, -0.15) is 0 Å². The standard InChI is InChI=1S/C20H21NO3/c1-15(22)13-19-18-10-6-5-9-17(18)11-12-21(19)20(23)24-14-16-7-3-2-4-8-16/h2-10,19H,11-14H2,1H3/t19-/m0/s1. The van der Waals surface area contributed by atoms with E-state index in [0.717, 1.165) is 17.5 Å². The van der Waals surface area contributed by atoms with Crippen molar-refractivity contribution in [2.45, 2.75) is 32.4 Å². The third kappa shape index (κ3) is 3.65. The number of nitrogens with zero attached hydrogens (tertiary/aromatic N) is 1. The SMILES string of the molecule is CC(=O)C[C@H]1c2ccccc2CCN1C(=O)OCc1ccccc1. The lowest BCUT2D eigenvalue weighted by Gasteiger charge is -2.36. The van der Waals surface area contributed by atoms with Crippen molar-refractivity contribution < 1.29 is 14.3 Å². The molecule has 0 N–H and O–H groups in total. The molecule has 0 unspecified atom stereocenters. The highest BCUT2D eigenvalue weighted by atomic mass is 16.6. The highest BCUT2D eigenvalue weighted by Gasteiger charge is 2.32. The lowest BCUT2D eigenvalue weighted by molar-refractivity contribution is -0.118. The number of fused-ring (bicyclic) bond motifs is 1. The van der Waals surface area contributed by atoms with Crippen LogP contribution in [0.5, 0.6) is 0 Å². The number of amides is 1. The summed E-state index contributed by atoms with van der Waals surface area (Å²) < 4.78 is 5.47. The highest BCUT2D eigenvalue weighted by Crippen LogP contribution is 2.32. The van der Waals surface area contributed by atoms with Crippen molar-refractivity contribution in [1.29, 1.82) is 0 Å². The first-order valence-electron chi connectivity index (χ1n) is 8.19. The molecule has 4 heteroatoms. The third-order valence-electron chi connectivity index (χ3n) is 4.33. The van der Waals surface area contributed by atoms with Crippen LogP contribution >= 0.6 is 0 Å². The maximum atomic E-state index is 12.6. The summed E-state index contributed by atoms with van der Waals surface area (Å²) in [4.78, 5) is 25.9. The molecule has 2 aromatic rings. The summed E-state index contributed by atoms with van der Waals surface area (Å²) in [6.07, 6.45) is 0.738. The van der Waals surface area contributed by atoms with Crippen molar-refractivity contribution in [3.8, 4) is 0 Å². The van der Waals surface area contributed by atoms with Gasteiger partial charge in [0.05, 0.1) is 6.04 Å². The summed E-state index contributed by atoms with van der Waals surface area (Å²) in [5, 5.41) is 0. The second-order valence-corrected chi connectivity index (χ2v) is 6.10. The van der Waals surface area contributed by atoms with E-state index in [2.05, 4.69) is 6.07 Å². The summed E-state index contributed by atoms with van der Waals surface area (Å²) in [6.45, 7) is 2.37. The molecular formula is C20H21NO3. The van der Waals surface area contributed by atoms with Crippen molar-refractivity contribution in [3.05, 3.63) is 71.3 Å². The van der Waals surface area contributed by atoms with Crippen LogP contribution in [0, 0.1) is 0 Å². The molecule has 4 nitrogen and oxygen atoms in total. The molecule has 0 fully saturated rings. The Morgan fingerprint density at radius 1 is 1.08 bits per heavy atom. The van der Waals surface area contributed by atoms with Gasteiger partial charge in [-0.05, 0) is 30.0 Å². The van der Waals surface area contributed by atoms with Gasteiger partial charge in [0, 0.05) is 13.0 Å². The Morgan fingerprint density at radius 3 is 2.54 bits per heavy atom. The molecular weight excluding hydrogens is 302 g/mol. The summed E-state index contributed by atoms with van der Waals surface area (Å²) in [5.74, 6) is 0.0672. The predicted molar refractivity (Wildman–Crippen MR) is 91.5 cm³/mol. The Labute approximate surface area is 142 Å². The predicted octanol–water partition coefficient (Wildman–Crippen LogP) is 3.90. The fourth-order valence-electron chi connectivity index (χ4n) is 3.16. The summed E-state index contributed by atoms with van der Waals surface area (Å²) in [7, 11) is 0. The van der Waals surface area contributed by atoms with Crippen molar-refractivity contribution in [2.75, 3.05) is 6.54 Å². The van der Waals surface area contributed by atoms with Crippen LogP contribution in [-0.4, -0.2) is 23.3 Å². The average molecular weight is 323 g/mol. The normalized spacial score (nSPS) is 16.4. The van der Waals surface area contributed by atoms with Crippen LogP contribution in [-0.2, 0) is 22.6 Å². The fraction of sp³-hybridized carbons (Fsp3) is 0.300. The number of ketones is 1. The maximum absolute atomic E-state index is 12.6. The number of benzene rings is 2. The molecule has 1 atom stereocenters. The monoisotopic (exact) mass is 323 g/mol.